The van der Waals surface area contributed by atoms with Gasteiger partial charge >= 0.3 is 0 Å². The molecule has 4 nitrogen and oxygen atoms in total. The van der Waals surface area contributed by atoms with Crippen molar-refractivity contribution in [3.63, 3.8) is 0 Å². The molecule has 1 fully saturated rings. The van der Waals surface area contributed by atoms with Crippen molar-refractivity contribution >= 4 is 11.8 Å². The van der Waals surface area contributed by atoms with Crippen molar-refractivity contribution in [2.45, 2.75) is 39.8 Å². The molecule has 102 valence electrons. The molecule has 1 aliphatic heterocycles. The highest BCUT2D eigenvalue weighted by Crippen LogP contribution is 2.19. The summed E-state index contributed by atoms with van der Waals surface area (Å²) in [5.41, 5.74) is 3.55. The third-order valence-corrected chi connectivity index (χ3v) is 3.74. The summed E-state index contributed by atoms with van der Waals surface area (Å²) in [6.07, 6.45) is 0.372. The van der Waals surface area contributed by atoms with Crippen LogP contribution in [0.5, 0.6) is 0 Å². The minimum Gasteiger partial charge on any atom is -0.347 e. The number of nitrogens with one attached hydrogen (secondary N) is 1. The molecule has 1 heterocycles. The van der Waals surface area contributed by atoms with Crippen LogP contribution in [-0.2, 0) is 16.1 Å². The smallest absolute Gasteiger partial charge is 0.242 e. The first kappa shape index (κ1) is 13.6. The van der Waals surface area contributed by atoms with E-state index < -0.39 is 0 Å². The summed E-state index contributed by atoms with van der Waals surface area (Å²) in [7, 11) is 0. The van der Waals surface area contributed by atoms with Crippen molar-refractivity contribution in [2.24, 2.45) is 0 Å². The highest BCUT2D eigenvalue weighted by molar-refractivity contribution is 5.87. The van der Waals surface area contributed by atoms with Gasteiger partial charge in [-0.15, -0.1) is 0 Å². The molecule has 1 atom stereocenters. The molecule has 0 spiro atoms. The van der Waals surface area contributed by atoms with Gasteiger partial charge in [0.1, 0.15) is 0 Å². The van der Waals surface area contributed by atoms with E-state index in [9.17, 15) is 9.59 Å². The quantitative estimate of drug-likeness (QED) is 0.877. The lowest BCUT2D eigenvalue weighted by atomic mass is 10.0. The van der Waals surface area contributed by atoms with Gasteiger partial charge in [0, 0.05) is 19.0 Å². The SMILES string of the molecule is Cc1cccc(C)c1CN1C(=O)CNC(=O)CC1C. The van der Waals surface area contributed by atoms with Crippen LogP contribution in [0.1, 0.15) is 30.0 Å². The number of carbonyl (C=O) groups excluding carboxylic acids is 2. The summed E-state index contributed by atoms with van der Waals surface area (Å²) < 4.78 is 0. The molecule has 19 heavy (non-hydrogen) atoms. The molecule has 2 amide bonds. The van der Waals surface area contributed by atoms with E-state index in [1.165, 1.54) is 16.7 Å². The minimum absolute atomic E-state index is 0.0130. The van der Waals surface area contributed by atoms with Crippen LogP contribution in [0.2, 0.25) is 0 Å². The number of benzene rings is 1. The van der Waals surface area contributed by atoms with Crippen LogP contribution in [0, 0.1) is 13.8 Å². The first-order valence-electron chi connectivity index (χ1n) is 6.60. The van der Waals surface area contributed by atoms with Crippen molar-refractivity contribution in [3.05, 3.63) is 34.9 Å². The van der Waals surface area contributed by atoms with Crippen LogP contribution in [0.3, 0.4) is 0 Å². The Hall–Kier alpha value is -1.84. The normalized spacial score (nSPS) is 20.2. The number of rotatable bonds is 2. The third kappa shape index (κ3) is 2.95. The largest absolute Gasteiger partial charge is 0.347 e. The van der Waals surface area contributed by atoms with Crippen LogP contribution in [0.15, 0.2) is 18.2 Å². The van der Waals surface area contributed by atoms with Gasteiger partial charge in [-0.05, 0) is 37.5 Å². The number of nitrogens with zero attached hydrogens (tertiary/aromatic N) is 1. The fourth-order valence-electron chi connectivity index (χ4n) is 2.48. The summed E-state index contributed by atoms with van der Waals surface area (Å²) in [6, 6.07) is 6.07. The number of amides is 2. The first-order valence-corrected chi connectivity index (χ1v) is 6.60. The lowest BCUT2D eigenvalue weighted by Gasteiger charge is -2.27. The maximum Gasteiger partial charge on any atom is 0.242 e. The topological polar surface area (TPSA) is 49.4 Å². The molecule has 1 unspecified atom stereocenters. The lowest BCUT2D eigenvalue weighted by Crippen LogP contribution is -2.39. The molecule has 1 N–H and O–H groups in total. The molecule has 0 aromatic heterocycles. The second-order valence-electron chi connectivity index (χ2n) is 5.22. The second-order valence-corrected chi connectivity index (χ2v) is 5.22. The Bertz CT molecular complexity index is 491. The van der Waals surface area contributed by atoms with Crippen molar-refractivity contribution in [1.29, 1.82) is 0 Å². The van der Waals surface area contributed by atoms with Crippen LogP contribution < -0.4 is 5.32 Å². The van der Waals surface area contributed by atoms with Gasteiger partial charge in [-0.3, -0.25) is 9.59 Å². The van der Waals surface area contributed by atoms with Gasteiger partial charge in [0.2, 0.25) is 11.8 Å². The van der Waals surface area contributed by atoms with E-state index in [0.29, 0.717) is 13.0 Å². The van der Waals surface area contributed by atoms with Crippen molar-refractivity contribution < 1.29 is 9.59 Å². The Balaban J connectivity index is 2.25. The van der Waals surface area contributed by atoms with Crippen LogP contribution >= 0.6 is 0 Å². The zero-order valence-electron chi connectivity index (χ0n) is 11.7. The van der Waals surface area contributed by atoms with E-state index in [-0.39, 0.29) is 24.4 Å². The molecular weight excluding hydrogens is 240 g/mol. The lowest BCUT2D eigenvalue weighted by molar-refractivity contribution is -0.132. The molecule has 0 bridgehead atoms. The summed E-state index contributed by atoms with van der Waals surface area (Å²) in [4.78, 5) is 25.4. The Kier molecular flexibility index (Phi) is 3.88. The maximum atomic E-state index is 12.1. The number of hydrogen-bond donors (Lipinski definition) is 1. The Morgan fingerprint density at radius 2 is 1.89 bits per heavy atom. The highest BCUT2D eigenvalue weighted by Gasteiger charge is 2.27. The maximum absolute atomic E-state index is 12.1. The fraction of sp³-hybridized carbons (Fsp3) is 0.467. The van der Waals surface area contributed by atoms with Gasteiger partial charge in [-0.2, -0.15) is 0 Å². The monoisotopic (exact) mass is 260 g/mol. The summed E-state index contributed by atoms with van der Waals surface area (Å²) in [6.45, 7) is 6.72. The van der Waals surface area contributed by atoms with E-state index in [2.05, 4.69) is 31.3 Å². The van der Waals surface area contributed by atoms with Crippen LogP contribution in [0.25, 0.3) is 0 Å². The Morgan fingerprint density at radius 1 is 1.26 bits per heavy atom. The Labute approximate surface area is 113 Å². The molecule has 0 saturated carbocycles. The van der Waals surface area contributed by atoms with Crippen molar-refractivity contribution in [1.82, 2.24) is 10.2 Å². The average molecular weight is 260 g/mol. The molecule has 1 aromatic carbocycles. The van der Waals surface area contributed by atoms with E-state index in [0.717, 1.165) is 0 Å². The number of aryl methyl sites for hydroxylation is 2. The van der Waals surface area contributed by atoms with Gasteiger partial charge in [-0.25, -0.2) is 0 Å². The molecule has 1 aliphatic rings. The molecular formula is C15H20N2O2. The summed E-state index contributed by atoms with van der Waals surface area (Å²) >= 11 is 0. The molecule has 0 radical (unpaired) electrons. The number of hydrogen-bond acceptors (Lipinski definition) is 2. The van der Waals surface area contributed by atoms with Gasteiger partial charge in [-0.1, -0.05) is 18.2 Å². The Morgan fingerprint density at radius 3 is 2.53 bits per heavy atom. The number of carbonyl (C=O) groups is 2. The molecule has 1 saturated heterocycles. The molecule has 4 heteroatoms. The molecule has 1 aromatic rings. The summed E-state index contributed by atoms with van der Waals surface area (Å²) in [5, 5.41) is 2.64. The van der Waals surface area contributed by atoms with Gasteiger partial charge in [0.15, 0.2) is 0 Å². The van der Waals surface area contributed by atoms with E-state index in [4.69, 9.17) is 0 Å². The standard InChI is InChI=1S/C15H20N2O2/c1-10-5-4-6-11(2)13(10)9-17-12(3)7-14(18)16-8-15(17)19/h4-6,12H,7-9H2,1-3H3,(H,16,18). The fourth-order valence-corrected chi connectivity index (χ4v) is 2.48. The zero-order chi connectivity index (χ0) is 14.0. The average Bonchev–Trinajstić information content (AvgIpc) is 2.46. The van der Waals surface area contributed by atoms with E-state index in [1.807, 2.05) is 13.0 Å². The second kappa shape index (κ2) is 5.43. The minimum atomic E-state index is -0.0611. The summed E-state index contributed by atoms with van der Waals surface area (Å²) in [5.74, 6) is -0.0640. The predicted octanol–water partition coefficient (Wildman–Crippen LogP) is 1.54. The molecule has 0 aliphatic carbocycles. The van der Waals surface area contributed by atoms with Crippen LogP contribution in [-0.4, -0.2) is 29.3 Å². The molecule has 2 rings (SSSR count). The van der Waals surface area contributed by atoms with Crippen molar-refractivity contribution in [2.75, 3.05) is 6.54 Å². The predicted molar refractivity (Wildman–Crippen MR) is 73.6 cm³/mol. The van der Waals surface area contributed by atoms with Crippen LogP contribution in [0.4, 0.5) is 0 Å². The van der Waals surface area contributed by atoms with Gasteiger partial charge in [0.05, 0.1) is 6.54 Å². The van der Waals surface area contributed by atoms with E-state index >= 15 is 0 Å². The third-order valence-electron chi connectivity index (χ3n) is 3.74. The van der Waals surface area contributed by atoms with Gasteiger partial charge in [0.25, 0.3) is 0 Å². The first-order chi connectivity index (χ1) is 8.99. The van der Waals surface area contributed by atoms with Gasteiger partial charge < -0.3 is 10.2 Å². The highest BCUT2D eigenvalue weighted by atomic mass is 16.2. The zero-order valence-corrected chi connectivity index (χ0v) is 11.7. The van der Waals surface area contributed by atoms with Crippen molar-refractivity contribution in [3.8, 4) is 0 Å². The van der Waals surface area contributed by atoms with E-state index in [1.54, 1.807) is 4.90 Å².